The molecule has 33 heavy (non-hydrogen) atoms. The molecule has 2 heterocycles. The summed E-state index contributed by atoms with van der Waals surface area (Å²) in [5, 5.41) is 7.61. The largest absolute Gasteiger partial charge is 0.493 e. The van der Waals surface area contributed by atoms with Crippen LogP contribution < -0.4 is 25.0 Å². The second-order valence-corrected chi connectivity index (χ2v) is 7.97. The number of nitrogens with one attached hydrogen (secondary N) is 2. The fraction of sp³-hybridized carbons (Fsp3) is 0.304. The van der Waals surface area contributed by atoms with Crippen LogP contribution in [0.25, 0.3) is 10.9 Å². The number of anilines is 3. The van der Waals surface area contributed by atoms with E-state index >= 15 is 0 Å². The van der Waals surface area contributed by atoms with E-state index in [4.69, 9.17) is 21.7 Å². The van der Waals surface area contributed by atoms with E-state index < -0.39 is 0 Å². The molecule has 1 aliphatic heterocycles. The van der Waals surface area contributed by atoms with Gasteiger partial charge in [-0.3, -0.25) is 4.79 Å². The first-order valence-electron chi connectivity index (χ1n) is 10.5. The molecule has 0 bridgehead atoms. The van der Waals surface area contributed by atoms with E-state index in [1.165, 1.54) is 6.92 Å². The molecule has 2 N–H and O–H groups in total. The van der Waals surface area contributed by atoms with Crippen molar-refractivity contribution in [1.82, 2.24) is 14.9 Å². The molecule has 4 rings (SSSR count). The standard InChI is InChI=1S/C23H26N6O3S/c1-15(30)26-16-5-4-6-17(11-16)27-23(33)29-9-7-28(8-10-29)22-18-12-20(31-2)21(32-3)13-19(18)24-14-25-22/h4-6,11-14H,7-10H2,1-3H3,(H,26,30)(H,27,33). The second kappa shape index (κ2) is 9.86. The first-order chi connectivity index (χ1) is 16.0. The normalized spacial score (nSPS) is 13.5. The smallest absolute Gasteiger partial charge is 0.221 e. The van der Waals surface area contributed by atoms with Crippen molar-refractivity contribution in [3.8, 4) is 11.5 Å². The molecule has 0 saturated carbocycles. The number of methoxy groups -OCH3 is 2. The predicted octanol–water partition coefficient (Wildman–Crippen LogP) is 3.12. The Balaban J connectivity index is 1.44. The van der Waals surface area contributed by atoms with E-state index in [9.17, 15) is 4.79 Å². The lowest BCUT2D eigenvalue weighted by molar-refractivity contribution is -0.114. The topological polar surface area (TPSA) is 91.9 Å². The van der Waals surface area contributed by atoms with Gasteiger partial charge in [0.25, 0.3) is 0 Å². The lowest BCUT2D eigenvalue weighted by atomic mass is 10.2. The number of aromatic nitrogens is 2. The van der Waals surface area contributed by atoms with Gasteiger partial charge in [0.2, 0.25) is 5.91 Å². The summed E-state index contributed by atoms with van der Waals surface area (Å²) in [5.74, 6) is 2.03. The molecule has 1 aliphatic rings. The molecule has 9 nitrogen and oxygen atoms in total. The molecule has 3 aromatic rings. The van der Waals surface area contributed by atoms with Gasteiger partial charge >= 0.3 is 0 Å². The van der Waals surface area contributed by atoms with Crippen LogP contribution >= 0.6 is 12.2 Å². The summed E-state index contributed by atoms with van der Waals surface area (Å²) < 4.78 is 10.9. The molecule has 1 saturated heterocycles. The van der Waals surface area contributed by atoms with Crippen LogP contribution in [0.15, 0.2) is 42.7 Å². The zero-order valence-electron chi connectivity index (χ0n) is 18.8. The van der Waals surface area contributed by atoms with Crippen LogP contribution in [0, 0.1) is 0 Å². The summed E-state index contributed by atoms with van der Waals surface area (Å²) in [5.41, 5.74) is 2.36. The summed E-state index contributed by atoms with van der Waals surface area (Å²) in [4.78, 5) is 24.6. The minimum absolute atomic E-state index is 0.112. The number of fused-ring (bicyclic) bond motifs is 1. The van der Waals surface area contributed by atoms with Crippen molar-refractivity contribution < 1.29 is 14.3 Å². The fourth-order valence-electron chi connectivity index (χ4n) is 3.82. The number of carbonyl (C=O) groups is 1. The zero-order valence-corrected chi connectivity index (χ0v) is 19.6. The Morgan fingerprint density at radius 2 is 1.64 bits per heavy atom. The van der Waals surface area contributed by atoms with Crippen LogP contribution in [-0.4, -0.2) is 66.3 Å². The number of piperazine rings is 1. The highest BCUT2D eigenvalue weighted by Gasteiger charge is 2.22. The van der Waals surface area contributed by atoms with Gasteiger partial charge in [-0.25, -0.2) is 9.97 Å². The summed E-state index contributed by atoms with van der Waals surface area (Å²) in [6.07, 6.45) is 1.57. The van der Waals surface area contributed by atoms with Crippen LogP contribution in [0.4, 0.5) is 17.2 Å². The number of carbonyl (C=O) groups excluding carboxylic acids is 1. The average molecular weight is 467 g/mol. The van der Waals surface area contributed by atoms with Crippen LogP contribution in [0.5, 0.6) is 11.5 Å². The Hall–Kier alpha value is -3.66. The number of benzene rings is 2. The van der Waals surface area contributed by atoms with Gasteiger partial charge in [-0.2, -0.15) is 0 Å². The highest BCUT2D eigenvalue weighted by atomic mass is 32.1. The van der Waals surface area contributed by atoms with Crippen molar-refractivity contribution >= 4 is 51.3 Å². The molecule has 1 aromatic heterocycles. The first kappa shape index (κ1) is 22.5. The number of amides is 1. The van der Waals surface area contributed by atoms with E-state index in [0.717, 1.165) is 54.3 Å². The van der Waals surface area contributed by atoms with Crippen molar-refractivity contribution in [2.75, 3.05) is 55.9 Å². The SMILES string of the molecule is COc1cc2ncnc(N3CCN(C(=S)Nc4cccc(NC(C)=O)c4)CC3)c2cc1OC. The molecule has 0 atom stereocenters. The highest BCUT2D eigenvalue weighted by molar-refractivity contribution is 7.80. The average Bonchev–Trinajstić information content (AvgIpc) is 2.82. The zero-order chi connectivity index (χ0) is 23.4. The lowest BCUT2D eigenvalue weighted by Gasteiger charge is -2.37. The van der Waals surface area contributed by atoms with Crippen molar-refractivity contribution in [3.05, 3.63) is 42.7 Å². The maximum Gasteiger partial charge on any atom is 0.221 e. The van der Waals surface area contributed by atoms with Gasteiger partial charge in [-0.05, 0) is 36.5 Å². The molecule has 0 unspecified atom stereocenters. The van der Waals surface area contributed by atoms with Gasteiger partial charge < -0.3 is 29.9 Å². The van der Waals surface area contributed by atoms with Crippen molar-refractivity contribution in [2.24, 2.45) is 0 Å². The van der Waals surface area contributed by atoms with Gasteiger partial charge in [0, 0.05) is 55.9 Å². The van der Waals surface area contributed by atoms with Crippen LogP contribution in [-0.2, 0) is 4.79 Å². The Morgan fingerprint density at radius 1 is 0.970 bits per heavy atom. The molecule has 0 radical (unpaired) electrons. The lowest BCUT2D eigenvalue weighted by Crippen LogP contribution is -2.50. The van der Waals surface area contributed by atoms with Gasteiger partial charge in [-0.1, -0.05) is 6.07 Å². The highest BCUT2D eigenvalue weighted by Crippen LogP contribution is 2.35. The van der Waals surface area contributed by atoms with Gasteiger partial charge in [0.1, 0.15) is 12.1 Å². The number of ether oxygens (including phenoxy) is 2. The van der Waals surface area contributed by atoms with Crippen molar-refractivity contribution in [1.29, 1.82) is 0 Å². The molecule has 10 heteroatoms. The number of hydrogen-bond donors (Lipinski definition) is 2. The Bertz CT molecular complexity index is 1180. The fourth-order valence-corrected chi connectivity index (χ4v) is 4.12. The minimum atomic E-state index is -0.112. The van der Waals surface area contributed by atoms with Crippen molar-refractivity contribution in [2.45, 2.75) is 6.92 Å². The molecule has 172 valence electrons. The van der Waals surface area contributed by atoms with E-state index in [1.807, 2.05) is 36.4 Å². The maximum absolute atomic E-state index is 11.3. The molecular formula is C23H26N6O3S. The summed E-state index contributed by atoms with van der Waals surface area (Å²) >= 11 is 5.63. The van der Waals surface area contributed by atoms with Crippen molar-refractivity contribution in [3.63, 3.8) is 0 Å². The molecule has 0 aliphatic carbocycles. The van der Waals surface area contributed by atoms with Crippen LogP contribution in [0.2, 0.25) is 0 Å². The number of nitrogens with zero attached hydrogens (tertiary/aromatic N) is 4. The van der Waals surface area contributed by atoms with Gasteiger partial charge in [0.05, 0.1) is 19.7 Å². The second-order valence-electron chi connectivity index (χ2n) is 7.59. The van der Waals surface area contributed by atoms with Gasteiger partial charge in [0.15, 0.2) is 16.6 Å². The molecule has 1 amide bonds. The van der Waals surface area contributed by atoms with E-state index in [1.54, 1.807) is 20.5 Å². The summed E-state index contributed by atoms with van der Waals surface area (Å²) in [6, 6.07) is 11.3. The number of hydrogen-bond acceptors (Lipinski definition) is 7. The third kappa shape index (κ3) is 5.06. The monoisotopic (exact) mass is 466 g/mol. The third-order valence-corrected chi connectivity index (χ3v) is 5.78. The first-order valence-corrected chi connectivity index (χ1v) is 10.9. The number of thiocarbonyl (C=S) groups is 1. The quantitative estimate of drug-likeness (QED) is 0.550. The molecule has 1 fully saturated rings. The van der Waals surface area contributed by atoms with Crippen LogP contribution in [0.1, 0.15) is 6.92 Å². The maximum atomic E-state index is 11.3. The molecular weight excluding hydrogens is 440 g/mol. The number of rotatable bonds is 5. The minimum Gasteiger partial charge on any atom is -0.493 e. The molecule has 2 aromatic carbocycles. The Kier molecular flexibility index (Phi) is 6.74. The van der Waals surface area contributed by atoms with E-state index in [-0.39, 0.29) is 5.91 Å². The predicted molar refractivity (Wildman–Crippen MR) is 133 cm³/mol. The Morgan fingerprint density at radius 3 is 2.30 bits per heavy atom. The molecule has 0 spiro atoms. The van der Waals surface area contributed by atoms with Crippen LogP contribution in [0.3, 0.4) is 0 Å². The van der Waals surface area contributed by atoms with Gasteiger partial charge in [-0.15, -0.1) is 0 Å². The Labute approximate surface area is 197 Å². The third-order valence-electron chi connectivity index (χ3n) is 5.42. The van der Waals surface area contributed by atoms with E-state index in [2.05, 4.69) is 30.4 Å². The van der Waals surface area contributed by atoms with E-state index in [0.29, 0.717) is 16.6 Å². The summed E-state index contributed by atoms with van der Waals surface area (Å²) in [7, 11) is 3.23. The summed E-state index contributed by atoms with van der Waals surface area (Å²) in [6.45, 7) is 4.49.